The maximum Gasteiger partial charge on any atom is 0.419 e. The average molecular weight is 515 g/mol. The van der Waals surface area contributed by atoms with E-state index in [9.17, 15) is 32.6 Å². The molecule has 170 valence electrons. The molecule has 0 aliphatic heterocycles. The van der Waals surface area contributed by atoms with Crippen molar-refractivity contribution in [1.29, 1.82) is 0 Å². The molecule has 10 heteroatoms. The molecule has 4 N–H and O–H groups in total. The summed E-state index contributed by atoms with van der Waals surface area (Å²) >= 11 is 3.19. The summed E-state index contributed by atoms with van der Waals surface area (Å²) in [5.74, 6) is -1.72. The third kappa shape index (κ3) is 3.65. The predicted octanol–water partition coefficient (Wildman–Crippen LogP) is 5.48. The van der Waals surface area contributed by atoms with Crippen LogP contribution >= 0.6 is 15.9 Å². The second kappa shape index (κ2) is 7.77. The third-order valence-electron chi connectivity index (χ3n) is 6.00. The van der Waals surface area contributed by atoms with Crippen LogP contribution in [0.25, 0.3) is 10.9 Å². The van der Waals surface area contributed by atoms with Crippen molar-refractivity contribution in [2.45, 2.75) is 43.5 Å². The molecule has 1 aliphatic rings. The molecule has 32 heavy (non-hydrogen) atoms. The van der Waals surface area contributed by atoms with Crippen LogP contribution < -0.4 is 10.9 Å². The zero-order valence-corrected chi connectivity index (χ0v) is 18.3. The summed E-state index contributed by atoms with van der Waals surface area (Å²) in [6.07, 6.45) is -5.44. The van der Waals surface area contributed by atoms with Crippen molar-refractivity contribution in [2.24, 2.45) is 0 Å². The van der Waals surface area contributed by atoms with Crippen LogP contribution in [0.1, 0.15) is 42.9 Å². The fraction of sp³-hybridized carbons (Fsp3) is 0.318. The van der Waals surface area contributed by atoms with Crippen LogP contribution in [0.15, 0.2) is 45.7 Å². The van der Waals surface area contributed by atoms with Crippen LogP contribution in [0.4, 0.5) is 23.2 Å². The van der Waals surface area contributed by atoms with Crippen molar-refractivity contribution < 1.29 is 27.8 Å². The van der Waals surface area contributed by atoms with Gasteiger partial charge in [0, 0.05) is 27.2 Å². The van der Waals surface area contributed by atoms with E-state index in [1.807, 2.05) is 0 Å². The van der Waals surface area contributed by atoms with Gasteiger partial charge in [0.25, 0.3) is 0 Å². The molecule has 2 aromatic carbocycles. The van der Waals surface area contributed by atoms with Gasteiger partial charge in [-0.15, -0.1) is 0 Å². The maximum atomic E-state index is 14.3. The van der Waals surface area contributed by atoms with Crippen molar-refractivity contribution in [3.8, 4) is 5.75 Å². The molecule has 0 amide bonds. The van der Waals surface area contributed by atoms with Gasteiger partial charge >= 0.3 is 6.18 Å². The number of aromatic amines is 1. The van der Waals surface area contributed by atoms with Gasteiger partial charge in [0.15, 0.2) is 5.60 Å². The van der Waals surface area contributed by atoms with E-state index < -0.39 is 41.5 Å². The van der Waals surface area contributed by atoms with Gasteiger partial charge < -0.3 is 20.5 Å². The monoisotopic (exact) mass is 514 g/mol. The Kier molecular flexibility index (Phi) is 5.49. The highest BCUT2D eigenvalue weighted by molar-refractivity contribution is 9.10. The molecule has 0 saturated carbocycles. The molecule has 0 spiro atoms. The zero-order valence-electron chi connectivity index (χ0n) is 16.7. The van der Waals surface area contributed by atoms with E-state index in [-0.39, 0.29) is 34.3 Å². The zero-order chi connectivity index (χ0) is 23.4. The number of fused-ring (bicyclic) bond motifs is 2. The number of pyridine rings is 1. The van der Waals surface area contributed by atoms with E-state index in [2.05, 4.69) is 26.2 Å². The molecule has 4 rings (SSSR count). The second-order valence-corrected chi connectivity index (χ2v) is 8.89. The summed E-state index contributed by atoms with van der Waals surface area (Å²) in [6, 6.07) is 5.64. The Hall–Kier alpha value is -2.59. The lowest BCUT2D eigenvalue weighted by Crippen LogP contribution is -2.55. The lowest BCUT2D eigenvalue weighted by atomic mass is 9.69. The Morgan fingerprint density at radius 1 is 1.25 bits per heavy atom. The molecule has 0 bridgehead atoms. The van der Waals surface area contributed by atoms with Crippen LogP contribution in [0.2, 0.25) is 0 Å². The highest BCUT2D eigenvalue weighted by atomic mass is 79.9. The highest BCUT2D eigenvalue weighted by Crippen LogP contribution is 2.55. The predicted molar refractivity (Wildman–Crippen MR) is 115 cm³/mol. The fourth-order valence-electron chi connectivity index (χ4n) is 4.50. The Labute approximate surface area is 188 Å². The van der Waals surface area contributed by atoms with Gasteiger partial charge in [0.2, 0.25) is 5.56 Å². The third-order valence-corrected chi connectivity index (χ3v) is 6.45. The number of phenolic OH excluding ortho intramolecular Hbond substituents is 1. The Morgan fingerprint density at radius 2 is 1.97 bits per heavy atom. The quantitative estimate of drug-likeness (QED) is 0.348. The SMILES string of the molecule is CC[C@H]1C[C@@](O)(C(F)(F)F)[C@H](Nc2cc(F)cc3[nH]c(=O)ccc23)c2cc(Br)cc(O)c21. The van der Waals surface area contributed by atoms with Crippen LogP contribution in [-0.4, -0.2) is 27.0 Å². The Balaban J connectivity index is 1.97. The molecule has 1 heterocycles. The normalized spacial score (nSPS) is 23.2. The Bertz CT molecular complexity index is 1260. The van der Waals surface area contributed by atoms with E-state index in [0.29, 0.717) is 10.0 Å². The molecular weight excluding hydrogens is 496 g/mol. The number of alkyl halides is 3. The number of aliphatic hydroxyl groups is 1. The Morgan fingerprint density at radius 3 is 2.62 bits per heavy atom. The summed E-state index contributed by atoms with van der Waals surface area (Å²) in [6.45, 7) is 1.68. The lowest BCUT2D eigenvalue weighted by molar-refractivity contribution is -0.272. The average Bonchev–Trinajstić information content (AvgIpc) is 2.68. The standard InChI is InChI=1S/C22H19BrF4N2O3/c1-2-10-9-21(32,22(25,26)27)20(14-5-11(23)6-17(30)19(10)14)29-16-8-12(24)7-15-13(16)3-4-18(31)28-15/h3-8,10,20,29-30,32H,2,9H2,1H3,(H,28,31)/t10-,20+,21-/m0/s1. The first-order valence-corrected chi connectivity index (χ1v) is 10.6. The minimum Gasteiger partial charge on any atom is -0.508 e. The number of hydrogen-bond acceptors (Lipinski definition) is 4. The molecular formula is C22H19BrF4N2O3. The lowest BCUT2D eigenvalue weighted by Gasteiger charge is -2.46. The van der Waals surface area contributed by atoms with Gasteiger partial charge in [-0.1, -0.05) is 22.9 Å². The summed E-state index contributed by atoms with van der Waals surface area (Å²) in [7, 11) is 0. The number of benzene rings is 2. The van der Waals surface area contributed by atoms with Crippen LogP contribution in [0.5, 0.6) is 5.75 Å². The topological polar surface area (TPSA) is 85.4 Å². The number of rotatable bonds is 3. The van der Waals surface area contributed by atoms with Gasteiger partial charge in [-0.25, -0.2) is 4.39 Å². The molecule has 3 atom stereocenters. The molecule has 3 aromatic rings. The van der Waals surface area contributed by atoms with Crippen molar-refractivity contribution >= 4 is 32.5 Å². The maximum absolute atomic E-state index is 14.3. The fourth-order valence-corrected chi connectivity index (χ4v) is 4.96. The molecule has 0 fully saturated rings. The number of H-pyrrole nitrogens is 1. The first kappa shape index (κ1) is 22.6. The summed E-state index contributed by atoms with van der Waals surface area (Å²) < 4.78 is 57.3. The van der Waals surface area contributed by atoms with Gasteiger partial charge in [-0.3, -0.25) is 4.79 Å². The number of phenols is 1. The number of aromatic nitrogens is 1. The van der Waals surface area contributed by atoms with Gasteiger partial charge in [0.1, 0.15) is 11.6 Å². The number of aromatic hydroxyl groups is 1. The molecule has 0 radical (unpaired) electrons. The number of hydrogen-bond donors (Lipinski definition) is 4. The van der Waals surface area contributed by atoms with E-state index in [4.69, 9.17) is 0 Å². The number of anilines is 1. The minimum absolute atomic E-state index is 0.0377. The van der Waals surface area contributed by atoms with E-state index >= 15 is 0 Å². The van der Waals surface area contributed by atoms with Gasteiger partial charge in [0.05, 0.1) is 11.6 Å². The van der Waals surface area contributed by atoms with Crippen LogP contribution in [-0.2, 0) is 0 Å². The molecule has 1 aromatic heterocycles. The van der Waals surface area contributed by atoms with Crippen molar-refractivity contribution in [3.63, 3.8) is 0 Å². The van der Waals surface area contributed by atoms with E-state index in [1.165, 1.54) is 24.3 Å². The van der Waals surface area contributed by atoms with Crippen molar-refractivity contribution in [3.05, 3.63) is 68.2 Å². The first-order valence-electron chi connectivity index (χ1n) is 9.85. The first-order chi connectivity index (χ1) is 14.9. The largest absolute Gasteiger partial charge is 0.508 e. The van der Waals surface area contributed by atoms with Crippen LogP contribution in [0.3, 0.4) is 0 Å². The van der Waals surface area contributed by atoms with Gasteiger partial charge in [-0.2, -0.15) is 13.2 Å². The van der Waals surface area contributed by atoms with Gasteiger partial charge in [-0.05, 0) is 54.7 Å². The number of halogens is 5. The van der Waals surface area contributed by atoms with E-state index in [0.717, 1.165) is 12.1 Å². The van der Waals surface area contributed by atoms with Crippen molar-refractivity contribution in [2.75, 3.05) is 5.32 Å². The second-order valence-electron chi connectivity index (χ2n) is 7.97. The number of nitrogens with one attached hydrogen (secondary N) is 2. The summed E-state index contributed by atoms with van der Waals surface area (Å²) in [5.41, 5.74) is -3.29. The minimum atomic E-state index is -5.02. The molecule has 0 saturated heterocycles. The van der Waals surface area contributed by atoms with Crippen LogP contribution in [0, 0.1) is 5.82 Å². The molecule has 5 nitrogen and oxygen atoms in total. The smallest absolute Gasteiger partial charge is 0.419 e. The summed E-state index contributed by atoms with van der Waals surface area (Å²) in [4.78, 5) is 14.1. The van der Waals surface area contributed by atoms with E-state index in [1.54, 1.807) is 6.92 Å². The highest BCUT2D eigenvalue weighted by Gasteiger charge is 2.62. The molecule has 0 unspecified atom stereocenters. The summed E-state index contributed by atoms with van der Waals surface area (Å²) in [5, 5.41) is 24.5. The van der Waals surface area contributed by atoms with Crippen molar-refractivity contribution in [1.82, 2.24) is 4.98 Å². The molecule has 1 aliphatic carbocycles.